The summed E-state index contributed by atoms with van der Waals surface area (Å²) >= 11 is 0. The average Bonchev–Trinajstić information content (AvgIpc) is 2.56. The molecule has 1 saturated heterocycles. The SMILES string of the molecule is CCN(CC)C(=O)C(=O)N1CCN(c2ccc(F)cc2)CC1. The van der Waals surface area contributed by atoms with Crippen molar-refractivity contribution in [2.24, 2.45) is 0 Å². The lowest BCUT2D eigenvalue weighted by molar-refractivity contribution is -0.151. The van der Waals surface area contributed by atoms with Crippen LogP contribution in [0, 0.1) is 5.82 Å². The van der Waals surface area contributed by atoms with E-state index in [0.29, 0.717) is 39.3 Å². The van der Waals surface area contributed by atoms with Crippen molar-refractivity contribution in [3.63, 3.8) is 0 Å². The van der Waals surface area contributed by atoms with Gasteiger partial charge >= 0.3 is 11.8 Å². The predicted octanol–water partition coefficient (Wildman–Crippen LogP) is 1.34. The zero-order valence-corrected chi connectivity index (χ0v) is 13.1. The fourth-order valence-electron chi connectivity index (χ4n) is 2.60. The molecule has 1 heterocycles. The smallest absolute Gasteiger partial charge is 0.312 e. The van der Waals surface area contributed by atoms with Gasteiger partial charge in [0.15, 0.2) is 0 Å². The zero-order chi connectivity index (χ0) is 16.1. The van der Waals surface area contributed by atoms with Gasteiger partial charge in [-0.3, -0.25) is 9.59 Å². The minimum absolute atomic E-state index is 0.262. The Labute approximate surface area is 130 Å². The molecule has 1 fully saturated rings. The molecule has 1 aromatic rings. The molecule has 0 atom stereocenters. The summed E-state index contributed by atoms with van der Waals surface area (Å²) in [5.41, 5.74) is 0.934. The summed E-state index contributed by atoms with van der Waals surface area (Å²) in [5.74, 6) is -1.12. The lowest BCUT2D eigenvalue weighted by Crippen LogP contribution is -2.53. The van der Waals surface area contributed by atoms with Crippen LogP contribution in [0.5, 0.6) is 0 Å². The third kappa shape index (κ3) is 3.55. The molecule has 0 saturated carbocycles. The maximum absolute atomic E-state index is 12.9. The van der Waals surface area contributed by atoms with Crippen molar-refractivity contribution in [1.82, 2.24) is 9.80 Å². The van der Waals surface area contributed by atoms with Gasteiger partial charge in [0.2, 0.25) is 0 Å². The number of halogens is 1. The first-order valence-corrected chi connectivity index (χ1v) is 7.65. The quantitative estimate of drug-likeness (QED) is 0.792. The number of hydrogen-bond acceptors (Lipinski definition) is 3. The van der Waals surface area contributed by atoms with Gasteiger partial charge in [0, 0.05) is 45.0 Å². The molecule has 0 bridgehead atoms. The number of benzene rings is 1. The van der Waals surface area contributed by atoms with Gasteiger partial charge in [-0.15, -0.1) is 0 Å². The molecular weight excluding hydrogens is 285 g/mol. The Morgan fingerprint density at radius 3 is 2.09 bits per heavy atom. The number of hydrogen-bond donors (Lipinski definition) is 0. The van der Waals surface area contributed by atoms with Crippen molar-refractivity contribution >= 4 is 17.5 Å². The molecule has 120 valence electrons. The molecule has 1 aliphatic rings. The summed E-state index contributed by atoms with van der Waals surface area (Å²) in [6.45, 7) is 7.09. The van der Waals surface area contributed by atoms with Crippen LogP contribution < -0.4 is 4.90 Å². The second kappa shape index (κ2) is 7.24. The van der Waals surface area contributed by atoms with Crippen LogP contribution in [0.1, 0.15) is 13.8 Å². The number of nitrogens with zero attached hydrogens (tertiary/aromatic N) is 3. The molecule has 0 radical (unpaired) electrons. The van der Waals surface area contributed by atoms with Crippen molar-refractivity contribution in [2.45, 2.75) is 13.8 Å². The maximum Gasteiger partial charge on any atom is 0.312 e. The monoisotopic (exact) mass is 307 g/mol. The lowest BCUT2D eigenvalue weighted by Gasteiger charge is -2.36. The molecule has 22 heavy (non-hydrogen) atoms. The van der Waals surface area contributed by atoms with E-state index in [1.807, 2.05) is 13.8 Å². The first-order chi connectivity index (χ1) is 10.6. The number of carbonyl (C=O) groups is 2. The van der Waals surface area contributed by atoms with E-state index in [1.165, 1.54) is 17.0 Å². The Bertz CT molecular complexity index is 521. The Hall–Kier alpha value is -2.11. The van der Waals surface area contributed by atoms with Gasteiger partial charge in [0.05, 0.1) is 0 Å². The van der Waals surface area contributed by atoms with E-state index in [9.17, 15) is 14.0 Å². The van der Waals surface area contributed by atoms with E-state index in [4.69, 9.17) is 0 Å². The number of amides is 2. The largest absolute Gasteiger partial charge is 0.368 e. The van der Waals surface area contributed by atoms with E-state index in [1.54, 1.807) is 17.0 Å². The van der Waals surface area contributed by atoms with E-state index in [-0.39, 0.29) is 5.82 Å². The van der Waals surface area contributed by atoms with Crippen molar-refractivity contribution in [3.8, 4) is 0 Å². The summed E-state index contributed by atoms with van der Waals surface area (Å²) in [6.07, 6.45) is 0. The van der Waals surface area contributed by atoms with Crippen LogP contribution >= 0.6 is 0 Å². The van der Waals surface area contributed by atoms with Crippen molar-refractivity contribution in [2.75, 3.05) is 44.2 Å². The number of carbonyl (C=O) groups excluding carboxylic acids is 2. The number of rotatable bonds is 3. The zero-order valence-electron chi connectivity index (χ0n) is 13.1. The fourth-order valence-corrected chi connectivity index (χ4v) is 2.60. The van der Waals surface area contributed by atoms with Crippen LogP contribution in [-0.2, 0) is 9.59 Å². The van der Waals surface area contributed by atoms with Gasteiger partial charge < -0.3 is 14.7 Å². The molecule has 2 amide bonds. The fraction of sp³-hybridized carbons (Fsp3) is 0.500. The highest BCUT2D eigenvalue weighted by atomic mass is 19.1. The second-order valence-electron chi connectivity index (χ2n) is 5.23. The standard InChI is InChI=1S/C16H22FN3O2/c1-3-18(4-2)15(21)16(22)20-11-9-19(10-12-20)14-7-5-13(17)6-8-14/h5-8H,3-4,9-12H2,1-2H3. The second-order valence-corrected chi connectivity index (χ2v) is 5.23. The van der Waals surface area contributed by atoms with Crippen molar-refractivity contribution in [1.29, 1.82) is 0 Å². The van der Waals surface area contributed by atoms with Crippen LogP contribution in [-0.4, -0.2) is 60.9 Å². The number of anilines is 1. The molecular formula is C16H22FN3O2. The van der Waals surface area contributed by atoms with Crippen molar-refractivity contribution in [3.05, 3.63) is 30.1 Å². The number of likely N-dealkylation sites (N-methyl/N-ethyl adjacent to an activating group) is 1. The molecule has 0 aliphatic carbocycles. The highest BCUT2D eigenvalue weighted by Gasteiger charge is 2.28. The molecule has 0 spiro atoms. The van der Waals surface area contributed by atoms with E-state index in [2.05, 4.69) is 4.90 Å². The van der Waals surface area contributed by atoms with Crippen molar-refractivity contribution < 1.29 is 14.0 Å². The van der Waals surface area contributed by atoms with Gasteiger partial charge in [-0.1, -0.05) is 0 Å². The molecule has 0 unspecified atom stereocenters. The highest BCUT2D eigenvalue weighted by Crippen LogP contribution is 2.17. The van der Waals surface area contributed by atoms with Gasteiger partial charge in [-0.25, -0.2) is 4.39 Å². The predicted molar refractivity (Wildman–Crippen MR) is 83.1 cm³/mol. The number of piperazine rings is 1. The molecule has 2 rings (SSSR count). The van der Waals surface area contributed by atoms with Crippen LogP contribution in [0.25, 0.3) is 0 Å². The summed E-state index contributed by atoms with van der Waals surface area (Å²) in [5, 5.41) is 0. The summed E-state index contributed by atoms with van der Waals surface area (Å²) in [4.78, 5) is 29.5. The molecule has 0 aromatic heterocycles. The van der Waals surface area contributed by atoms with Gasteiger partial charge in [-0.05, 0) is 38.1 Å². The summed E-state index contributed by atoms with van der Waals surface area (Å²) in [6, 6.07) is 6.31. The highest BCUT2D eigenvalue weighted by molar-refractivity contribution is 6.34. The van der Waals surface area contributed by atoms with Gasteiger partial charge in [-0.2, -0.15) is 0 Å². The minimum atomic E-state index is -0.430. The van der Waals surface area contributed by atoms with Gasteiger partial charge in [0.25, 0.3) is 0 Å². The molecule has 0 N–H and O–H groups in total. The molecule has 5 nitrogen and oxygen atoms in total. The Kier molecular flexibility index (Phi) is 5.35. The third-order valence-corrected chi connectivity index (χ3v) is 3.99. The van der Waals surface area contributed by atoms with Gasteiger partial charge in [0.1, 0.15) is 5.82 Å². The lowest BCUT2D eigenvalue weighted by atomic mass is 10.2. The van der Waals surface area contributed by atoms with Crippen LogP contribution in [0.4, 0.5) is 10.1 Å². The topological polar surface area (TPSA) is 43.9 Å². The average molecular weight is 307 g/mol. The van der Waals surface area contributed by atoms with Crippen LogP contribution in [0.15, 0.2) is 24.3 Å². The molecule has 6 heteroatoms. The molecule has 1 aliphatic heterocycles. The van der Waals surface area contributed by atoms with Crippen LogP contribution in [0.2, 0.25) is 0 Å². The summed E-state index contributed by atoms with van der Waals surface area (Å²) < 4.78 is 12.9. The maximum atomic E-state index is 12.9. The van der Waals surface area contributed by atoms with E-state index < -0.39 is 11.8 Å². The summed E-state index contributed by atoms with van der Waals surface area (Å²) in [7, 11) is 0. The normalized spacial score (nSPS) is 14.9. The third-order valence-electron chi connectivity index (χ3n) is 3.99. The van der Waals surface area contributed by atoms with E-state index >= 15 is 0 Å². The van der Waals surface area contributed by atoms with E-state index in [0.717, 1.165) is 5.69 Å². The first-order valence-electron chi connectivity index (χ1n) is 7.65. The molecule has 1 aromatic carbocycles. The minimum Gasteiger partial charge on any atom is -0.368 e. The Morgan fingerprint density at radius 1 is 1.05 bits per heavy atom. The van der Waals surface area contributed by atoms with Crippen LogP contribution in [0.3, 0.4) is 0 Å². The Balaban J connectivity index is 1.92. The Morgan fingerprint density at radius 2 is 1.59 bits per heavy atom. The first kappa shape index (κ1) is 16.3.